The Morgan fingerprint density at radius 1 is 1.02 bits per heavy atom. The zero-order valence-electron chi connectivity index (χ0n) is 23.5. The molecule has 0 spiro atoms. The maximum absolute atomic E-state index is 13.1. The Hall–Kier alpha value is -3.86. The fraction of sp³-hybridized carbons (Fsp3) is 0.414. The van der Waals surface area contributed by atoms with Crippen LogP contribution in [0.15, 0.2) is 53.4 Å². The third-order valence-electron chi connectivity index (χ3n) is 6.47. The van der Waals surface area contributed by atoms with Crippen LogP contribution in [0.5, 0.6) is 5.88 Å². The van der Waals surface area contributed by atoms with Gasteiger partial charge in [-0.2, -0.15) is 4.98 Å². The normalized spacial score (nSPS) is 17.6. The van der Waals surface area contributed by atoms with Gasteiger partial charge in [-0.3, -0.25) is 0 Å². The number of hydrogen-bond acceptors (Lipinski definition) is 8. The molecule has 1 aliphatic carbocycles. The summed E-state index contributed by atoms with van der Waals surface area (Å²) in [6, 6.07) is 13.5. The molecule has 2 atom stereocenters. The van der Waals surface area contributed by atoms with Crippen molar-refractivity contribution in [2.45, 2.75) is 82.9 Å². The van der Waals surface area contributed by atoms with Crippen LogP contribution >= 0.6 is 0 Å². The van der Waals surface area contributed by atoms with Gasteiger partial charge in [0.1, 0.15) is 11.7 Å². The van der Waals surface area contributed by atoms with Crippen LogP contribution in [0.2, 0.25) is 0 Å². The van der Waals surface area contributed by atoms with Crippen LogP contribution in [0.25, 0.3) is 11.3 Å². The van der Waals surface area contributed by atoms with Crippen LogP contribution in [0.4, 0.5) is 16.4 Å². The molecule has 0 aliphatic heterocycles. The molecule has 0 bridgehead atoms. The molecule has 3 aromatic rings. The first kappa shape index (κ1) is 29.1. The molecule has 1 amide bonds. The van der Waals surface area contributed by atoms with Crippen molar-refractivity contribution in [3.8, 4) is 17.1 Å². The minimum atomic E-state index is -4.01. The average molecular weight is 568 g/mol. The number of benzene rings is 2. The van der Waals surface area contributed by atoms with Gasteiger partial charge in [0, 0.05) is 29.8 Å². The smallest absolute Gasteiger partial charge is 0.407 e. The predicted octanol–water partition coefficient (Wildman–Crippen LogP) is 5.36. The highest BCUT2D eigenvalue weighted by molar-refractivity contribution is 7.92. The van der Waals surface area contributed by atoms with Crippen molar-refractivity contribution in [2.75, 3.05) is 10.5 Å². The molecule has 1 aromatic heterocycles. The molecule has 1 fully saturated rings. The number of aryl methyl sites for hydroxylation is 2. The number of ether oxygens (including phenoxy) is 2. The number of aromatic nitrogens is 2. The molecule has 1 saturated carbocycles. The number of nitrogens with two attached hydrogens (primary N) is 1. The van der Waals surface area contributed by atoms with Crippen LogP contribution in [0.1, 0.15) is 57.6 Å². The molecule has 0 radical (unpaired) electrons. The van der Waals surface area contributed by atoms with E-state index in [1.807, 2.05) is 52.8 Å². The van der Waals surface area contributed by atoms with E-state index in [9.17, 15) is 13.2 Å². The Balaban J connectivity index is 1.62. The van der Waals surface area contributed by atoms with E-state index in [1.165, 1.54) is 12.1 Å². The first-order chi connectivity index (χ1) is 18.8. The Morgan fingerprint density at radius 2 is 1.73 bits per heavy atom. The Labute approximate surface area is 235 Å². The highest BCUT2D eigenvalue weighted by atomic mass is 32.2. The van der Waals surface area contributed by atoms with Gasteiger partial charge in [0.2, 0.25) is 11.8 Å². The van der Waals surface area contributed by atoms with E-state index in [-0.39, 0.29) is 28.9 Å². The maximum atomic E-state index is 13.1. The zero-order valence-corrected chi connectivity index (χ0v) is 24.3. The Morgan fingerprint density at radius 3 is 2.40 bits per heavy atom. The van der Waals surface area contributed by atoms with E-state index in [0.717, 1.165) is 36.0 Å². The van der Waals surface area contributed by atoms with E-state index in [4.69, 9.17) is 15.2 Å². The first-order valence-electron chi connectivity index (χ1n) is 13.3. The molecule has 40 heavy (non-hydrogen) atoms. The number of carbonyl (C=O) groups excluding carboxylic acids is 1. The van der Waals surface area contributed by atoms with Crippen molar-refractivity contribution in [2.24, 2.45) is 0 Å². The lowest BCUT2D eigenvalue weighted by molar-refractivity contribution is 0.0461. The third kappa shape index (κ3) is 7.62. The van der Waals surface area contributed by atoms with E-state index < -0.39 is 21.7 Å². The van der Waals surface area contributed by atoms with Crippen LogP contribution in [-0.4, -0.2) is 42.2 Å². The summed E-state index contributed by atoms with van der Waals surface area (Å²) in [4.78, 5) is 21.3. The summed E-state index contributed by atoms with van der Waals surface area (Å²) in [6.45, 7) is 9.40. The second-order valence-corrected chi connectivity index (χ2v) is 12.8. The van der Waals surface area contributed by atoms with Gasteiger partial charge in [-0.1, -0.05) is 24.3 Å². The number of rotatable bonds is 7. The SMILES string of the molecule is Cc1cccc(C)c1-c1cc(OC2CCCC(NC(=O)OC(C)(C)C)C2)nc(NS(=O)(=O)c2cccc(N)c2)n1. The molecule has 11 heteroatoms. The van der Waals surface area contributed by atoms with Crippen molar-refractivity contribution >= 4 is 27.8 Å². The number of sulfonamides is 1. The molecule has 0 saturated heterocycles. The standard InChI is InChI=1S/C29H37N5O5S/c1-18-9-6-10-19(2)26(18)24-17-25(33-27(32-24)34-40(36,37)23-14-7-11-20(30)15-23)38-22-13-8-12-21(16-22)31-28(35)39-29(3,4)5/h6-7,9-11,14-15,17,21-22H,8,12-13,16,30H2,1-5H3,(H,31,35)(H,32,33,34). The average Bonchev–Trinajstić information content (AvgIpc) is 2.82. The van der Waals surface area contributed by atoms with Crippen molar-refractivity contribution in [1.82, 2.24) is 15.3 Å². The van der Waals surface area contributed by atoms with Crippen LogP contribution in [-0.2, 0) is 14.8 Å². The number of nitrogens with zero attached hydrogens (tertiary/aromatic N) is 2. The van der Waals surface area contributed by atoms with Gasteiger partial charge in [-0.05, 0) is 83.2 Å². The summed E-state index contributed by atoms with van der Waals surface area (Å²) in [5.41, 5.74) is 8.90. The summed E-state index contributed by atoms with van der Waals surface area (Å²) in [5.74, 6) is 0.123. The van der Waals surface area contributed by atoms with Crippen LogP contribution in [0, 0.1) is 13.8 Å². The maximum Gasteiger partial charge on any atom is 0.407 e. The number of anilines is 2. The monoisotopic (exact) mass is 567 g/mol. The van der Waals surface area contributed by atoms with Crippen molar-refractivity contribution < 1.29 is 22.7 Å². The van der Waals surface area contributed by atoms with Gasteiger partial charge in [0.05, 0.1) is 10.6 Å². The molecule has 4 rings (SSSR count). The van der Waals surface area contributed by atoms with Gasteiger partial charge in [0.25, 0.3) is 10.0 Å². The lowest BCUT2D eigenvalue weighted by atomic mass is 9.93. The van der Waals surface area contributed by atoms with E-state index >= 15 is 0 Å². The predicted molar refractivity (Wildman–Crippen MR) is 155 cm³/mol. The number of amides is 1. The fourth-order valence-corrected chi connectivity index (χ4v) is 5.76. The molecule has 2 aromatic carbocycles. The Bertz CT molecular complexity index is 1470. The van der Waals surface area contributed by atoms with Crippen LogP contribution < -0.4 is 20.5 Å². The molecule has 1 aliphatic rings. The molecule has 214 valence electrons. The molecule has 1 heterocycles. The highest BCUT2D eigenvalue weighted by Crippen LogP contribution is 2.31. The number of nitrogen functional groups attached to an aromatic ring is 1. The summed E-state index contributed by atoms with van der Waals surface area (Å²) in [7, 11) is -4.01. The molecule has 10 nitrogen and oxygen atoms in total. The second kappa shape index (κ2) is 11.7. The zero-order chi connectivity index (χ0) is 29.1. The van der Waals surface area contributed by atoms with Gasteiger partial charge < -0.3 is 20.5 Å². The molecule has 4 N–H and O–H groups in total. The van der Waals surface area contributed by atoms with Crippen molar-refractivity contribution in [1.29, 1.82) is 0 Å². The molecular weight excluding hydrogens is 530 g/mol. The summed E-state index contributed by atoms with van der Waals surface area (Å²) < 4.78 is 40.5. The second-order valence-electron chi connectivity index (χ2n) is 11.1. The van der Waals surface area contributed by atoms with E-state index in [2.05, 4.69) is 20.0 Å². The van der Waals surface area contributed by atoms with Crippen molar-refractivity contribution in [3.05, 3.63) is 59.7 Å². The first-order valence-corrected chi connectivity index (χ1v) is 14.8. The summed E-state index contributed by atoms with van der Waals surface area (Å²) in [6.07, 6.45) is 2.27. The third-order valence-corrected chi connectivity index (χ3v) is 7.79. The highest BCUT2D eigenvalue weighted by Gasteiger charge is 2.28. The van der Waals surface area contributed by atoms with Gasteiger partial charge in [-0.25, -0.2) is 22.9 Å². The summed E-state index contributed by atoms with van der Waals surface area (Å²) >= 11 is 0. The minimum absolute atomic E-state index is 0.000571. The van der Waals surface area contributed by atoms with E-state index in [0.29, 0.717) is 17.8 Å². The fourth-order valence-electron chi connectivity index (χ4n) is 4.77. The minimum Gasteiger partial charge on any atom is -0.474 e. The summed E-state index contributed by atoms with van der Waals surface area (Å²) in [5, 5.41) is 2.93. The molecular formula is C29H37N5O5S. The van der Waals surface area contributed by atoms with E-state index in [1.54, 1.807) is 18.2 Å². The molecule has 2 unspecified atom stereocenters. The number of carbonyl (C=O) groups is 1. The number of hydrogen-bond donors (Lipinski definition) is 3. The van der Waals surface area contributed by atoms with Gasteiger partial charge >= 0.3 is 6.09 Å². The lowest BCUT2D eigenvalue weighted by Crippen LogP contribution is -2.43. The van der Waals surface area contributed by atoms with Crippen LogP contribution in [0.3, 0.4) is 0 Å². The van der Waals surface area contributed by atoms with Gasteiger partial charge in [-0.15, -0.1) is 0 Å². The lowest BCUT2D eigenvalue weighted by Gasteiger charge is -2.30. The van der Waals surface area contributed by atoms with Crippen molar-refractivity contribution in [3.63, 3.8) is 0 Å². The quantitative estimate of drug-likeness (QED) is 0.324. The van der Waals surface area contributed by atoms with Gasteiger partial charge in [0.15, 0.2) is 0 Å². The largest absolute Gasteiger partial charge is 0.474 e. The topological polar surface area (TPSA) is 146 Å². The number of nitrogens with one attached hydrogen (secondary N) is 2. The Kier molecular flexibility index (Phi) is 8.53. The number of alkyl carbamates (subject to hydrolysis) is 1.